The first-order chi connectivity index (χ1) is 13.4. The molecule has 7 heteroatoms. The number of esters is 1. The molecule has 0 unspecified atom stereocenters. The van der Waals surface area contributed by atoms with Crippen LogP contribution in [0.2, 0.25) is 0 Å². The number of H-pyrrole nitrogens is 1. The average molecular weight is 380 g/mol. The Morgan fingerprint density at radius 3 is 2.71 bits per heavy atom. The number of hydrogen-bond donors (Lipinski definition) is 2. The number of aromatic amines is 1. The van der Waals surface area contributed by atoms with Crippen LogP contribution >= 0.6 is 0 Å². The van der Waals surface area contributed by atoms with E-state index in [4.69, 9.17) is 14.2 Å². The number of rotatable bonds is 4. The number of fused-ring (bicyclic) bond motifs is 2. The molecule has 4 rings (SSSR count). The summed E-state index contributed by atoms with van der Waals surface area (Å²) in [6.07, 6.45) is -0.966. The van der Waals surface area contributed by atoms with Crippen LogP contribution < -0.4 is 14.8 Å². The number of ether oxygens (including phenoxy) is 3. The third-order valence-electron chi connectivity index (χ3n) is 4.60. The van der Waals surface area contributed by atoms with Crippen molar-refractivity contribution in [3.63, 3.8) is 0 Å². The molecule has 2 aromatic carbocycles. The lowest BCUT2D eigenvalue weighted by Gasteiger charge is -2.13. The molecular formula is C21H20N2O5. The Hall–Kier alpha value is -3.48. The summed E-state index contributed by atoms with van der Waals surface area (Å²) >= 11 is 0. The van der Waals surface area contributed by atoms with Crippen LogP contribution in [-0.2, 0) is 9.53 Å². The van der Waals surface area contributed by atoms with E-state index in [1.54, 1.807) is 24.3 Å². The zero-order valence-corrected chi connectivity index (χ0v) is 15.8. The third-order valence-corrected chi connectivity index (χ3v) is 4.60. The summed E-state index contributed by atoms with van der Waals surface area (Å²) in [6.45, 7) is 5.66. The Kier molecular flexibility index (Phi) is 4.43. The van der Waals surface area contributed by atoms with Crippen LogP contribution in [0, 0.1) is 13.8 Å². The highest BCUT2D eigenvalue weighted by Crippen LogP contribution is 2.34. The van der Waals surface area contributed by atoms with Crippen molar-refractivity contribution in [3.8, 4) is 11.5 Å². The van der Waals surface area contributed by atoms with Crippen molar-refractivity contribution in [3.05, 3.63) is 53.2 Å². The maximum Gasteiger partial charge on any atom is 0.355 e. The zero-order valence-electron chi connectivity index (χ0n) is 15.8. The van der Waals surface area contributed by atoms with Crippen LogP contribution in [0.5, 0.6) is 11.5 Å². The van der Waals surface area contributed by atoms with E-state index in [1.807, 2.05) is 26.0 Å². The summed E-state index contributed by atoms with van der Waals surface area (Å²) in [5.74, 6) is 0.171. The molecule has 7 nitrogen and oxygen atoms in total. The first kappa shape index (κ1) is 17.9. The van der Waals surface area contributed by atoms with E-state index in [2.05, 4.69) is 10.3 Å². The van der Waals surface area contributed by atoms with E-state index in [-0.39, 0.29) is 6.79 Å². The van der Waals surface area contributed by atoms with Crippen LogP contribution in [0.15, 0.2) is 36.4 Å². The summed E-state index contributed by atoms with van der Waals surface area (Å²) < 4.78 is 15.9. The van der Waals surface area contributed by atoms with Gasteiger partial charge in [-0.1, -0.05) is 6.07 Å². The quantitative estimate of drug-likeness (QED) is 0.674. The second-order valence-electron chi connectivity index (χ2n) is 6.83. The number of carbonyl (C=O) groups is 2. The molecule has 3 aromatic rings. The Morgan fingerprint density at radius 2 is 1.89 bits per heavy atom. The van der Waals surface area contributed by atoms with Gasteiger partial charge in [-0.25, -0.2) is 4.79 Å². The van der Waals surface area contributed by atoms with Gasteiger partial charge >= 0.3 is 5.97 Å². The average Bonchev–Trinajstić information content (AvgIpc) is 3.27. The molecule has 1 amide bonds. The molecule has 1 aromatic heterocycles. The molecule has 1 aliphatic rings. The van der Waals surface area contributed by atoms with Gasteiger partial charge < -0.3 is 24.5 Å². The molecule has 1 atom stereocenters. The van der Waals surface area contributed by atoms with Crippen LogP contribution in [0.4, 0.5) is 5.69 Å². The fourth-order valence-corrected chi connectivity index (χ4v) is 3.20. The van der Waals surface area contributed by atoms with E-state index in [0.29, 0.717) is 22.9 Å². The minimum absolute atomic E-state index is 0.157. The summed E-state index contributed by atoms with van der Waals surface area (Å²) in [7, 11) is 0. The van der Waals surface area contributed by atoms with E-state index < -0.39 is 18.0 Å². The molecule has 0 spiro atoms. The molecule has 0 aliphatic carbocycles. The number of nitrogens with one attached hydrogen (secondary N) is 2. The van der Waals surface area contributed by atoms with Gasteiger partial charge in [-0.15, -0.1) is 0 Å². The van der Waals surface area contributed by atoms with Crippen molar-refractivity contribution in [1.82, 2.24) is 4.98 Å². The summed E-state index contributed by atoms with van der Waals surface area (Å²) in [4.78, 5) is 27.9. The van der Waals surface area contributed by atoms with Crippen molar-refractivity contribution in [1.29, 1.82) is 0 Å². The standard InChI is InChI=1S/C21H20N2O5/c1-11-6-12(2)15-9-17(23-16(15)7-11)21(25)28-13(3)20(24)22-14-4-5-18-19(8-14)27-10-26-18/h4-9,13,23H,10H2,1-3H3,(H,22,24)/t13-/m0/s1. The molecule has 2 heterocycles. The number of aromatic nitrogens is 1. The van der Waals surface area contributed by atoms with E-state index in [0.717, 1.165) is 22.0 Å². The number of hydrogen-bond acceptors (Lipinski definition) is 5. The van der Waals surface area contributed by atoms with Gasteiger partial charge in [0, 0.05) is 22.7 Å². The van der Waals surface area contributed by atoms with Gasteiger partial charge in [-0.2, -0.15) is 0 Å². The summed E-state index contributed by atoms with van der Waals surface area (Å²) in [5, 5.41) is 3.66. The van der Waals surface area contributed by atoms with Gasteiger partial charge in [0.2, 0.25) is 6.79 Å². The molecule has 0 radical (unpaired) electrons. The molecule has 144 valence electrons. The second kappa shape index (κ2) is 6.92. The van der Waals surface area contributed by atoms with Gasteiger partial charge in [0.15, 0.2) is 17.6 Å². The highest BCUT2D eigenvalue weighted by atomic mass is 16.7. The number of aryl methyl sites for hydroxylation is 2. The fourth-order valence-electron chi connectivity index (χ4n) is 3.20. The van der Waals surface area contributed by atoms with E-state index in [9.17, 15) is 9.59 Å². The molecule has 0 saturated heterocycles. The van der Waals surface area contributed by atoms with Crippen molar-refractivity contribution in [2.24, 2.45) is 0 Å². The van der Waals surface area contributed by atoms with Gasteiger partial charge in [-0.05, 0) is 56.2 Å². The first-order valence-electron chi connectivity index (χ1n) is 8.92. The molecule has 0 bridgehead atoms. The van der Waals surface area contributed by atoms with Gasteiger partial charge in [0.05, 0.1) is 0 Å². The number of carbonyl (C=O) groups excluding carboxylic acids is 2. The number of benzene rings is 2. The molecule has 2 N–H and O–H groups in total. The SMILES string of the molecule is Cc1cc(C)c2cc(C(=O)O[C@@H](C)C(=O)Nc3ccc4c(c3)OCO4)[nH]c2c1. The fraction of sp³-hybridized carbons (Fsp3) is 0.238. The largest absolute Gasteiger partial charge is 0.454 e. The molecular weight excluding hydrogens is 360 g/mol. The number of anilines is 1. The van der Waals surface area contributed by atoms with Crippen molar-refractivity contribution in [2.75, 3.05) is 12.1 Å². The Labute approximate surface area is 161 Å². The highest BCUT2D eigenvalue weighted by Gasteiger charge is 2.22. The van der Waals surface area contributed by atoms with E-state index in [1.165, 1.54) is 6.92 Å². The van der Waals surface area contributed by atoms with Crippen molar-refractivity contribution in [2.45, 2.75) is 26.9 Å². The van der Waals surface area contributed by atoms with Crippen LogP contribution in [0.3, 0.4) is 0 Å². The molecule has 0 saturated carbocycles. The number of amides is 1. The summed E-state index contributed by atoms with van der Waals surface area (Å²) in [6, 6.07) is 10.8. The Morgan fingerprint density at radius 1 is 1.11 bits per heavy atom. The minimum Gasteiger partial charge on any atom is -0.454 e. The van der Waals surface area contributed by atoms with Crippen LogP contribution in [0.25, 0.3) is 10.9 Å². The monoisotopic (exact) mass is 380 g/mol. The second-order valence-corrected chi connectivity index (χ2v) is 6.83. The smallest absolute Gasteiger partial charge is 0.355 e. The lowest BCUT2D eigenvalue weighted by atomic mass is 10.1. The molecule has 28 heavy (non-hydrogen) atoms. The van der Waals surface area contributed by atoms with Gasteiger partial charge in [-0.3, -0.25) is 4.79 Å². The van der Waals surface area contributed by atoms with Gasteiger partial charge in [0.25, 0.3) is 5.91 Å². The predicted octanol–water partition coefficient (Wildman–Crippen LogP) is 3.70. The normalized spacial score (nSPS) is 13.4. The van der Waals surface area contributed by atoms with Gasteiger partial charge in [0.1, 0.15) is 5.69 Å². The molecule has 0 fully saturated rings. The maximum atomic E-state index is 12.5. The Bertz CT molecular complexity index is 1090. The zero-order chi connectivity index (χ0) is 19.8. The topological polar surface area (TPSA) is 89.7 Å². The summed E-state index contributed by atoms with van der Waals surface area (Å²) in [5.41, 5.74) is 3.88. The Balaban J connectivity index is 1.44. The van der Waals surface area contributed by atoms with E-state index >= 15 is 0 Å². The lowest BCUT2D eigenvalue weighted by Crippen LogP contribution is -2.30. The van der Waals surface area contributed by atoms with Crippen LogP contribution in [0.1, 0.15) is 28.5 Å². The minimum atomic E-state index is -0.966. The maximum absolute atomic E-state index is 12.5. The molecule has 1 aliphatic heterocycles. The van der Waals surface area contributed by atoms with Crippen LogP contribution in [-0.4, -0.2) is 29.8 Å². The third kappa shape index (κ3) is 3.38. The lowest BCUT2D eigenvalue weighted by molar-refractivity contribution is -0.123. The first-order valence-corrected chi connectivity index (χ1v) is 8.92. The highest BCUT2D eigenvalue weighted by molar-refractivity contribution is 5.99. The predicted molar refractivity (Wildman–Crippen MR) is 104 cm³/mol. The van der Waals surface area contributed by atoms with Crippen molar-refractivity contribution < 1.29 is 23.8 Å². The van der Waals surface area contributed by atoms with Crippen molar-refractivity contribution >= 4 is 28.5 Å².